The lowest BCUT2D eigenvalue weighted by molar-refractivity contribution is -0.137. The predicted octanol–water partition coefficient (Wildman–Crippen LogP) is 3.28. The van der Waals surface area contributed by atoms with E-state index in [1.54, 1.807) is 31.2 Å². The van der Waals surface area contributed by atoms with E-state index in [0.717, 1.165) is 15.4 Å². The number of carbonyl (C=O) groups is 1. The van der Waals surface area contributed by atoms with Crippen LogP contribution in [0, 0.1) is 20.8 Å². The van der Waals surface area contributed by atoms with Gasteiger partial charge in [-0.25, -0.2) is 13.2 Å². The zero-order chi connectivity index (χ0) is 18.1. The van der Waals surface area contributed by atoms with Crippen molar-refractivity contribution in [1.82, 2.24) is 0 Å². The van der Waals surface area contributed by atoms with Crippen molar-refractivity contribution in [3.63, 3.8) is 0 Å². The highest BCUT2D eigenvalue weighted by Crippen LogP contribution is 2.30. The van der Waals surface area contributed by atoms with Crippen LogP contribution in [0.25, 0.3) is 0 Å². The zero-order valence-corrected chi connectivity index (χ0v) is 15.0. The molecule has 1 unspecified atom stereocenters. The Morgan fingerprint density at radius 2 is 1.54 bits per heavy atom. The molecule has 2 rings (SSSR count). The molecule has 0 aliphatic carbocycles. The Balaban J connectivity index is 2.68. The first-order valence-electron chi connectivity index (χ1n) is 7.55. The third-order valence-corrected chi connectivity index (χ3v) is 5.79. The average molecular weight is 347 g/mol. The third-order valence-electron chi connectivity index (χ3n) is 3.89. The number of carboxylic acids is 1. The summed E-state index contributed by atoms with van der Waals surface area (Å²) in [5.74, 6) is -1.20. The van der Waals surface area contributed by atoms with Crippen LogP contribution in [0.4, 0.5) is 5.69 Å². The van der Waals surface area contributed by atoms with Crippen LogP contribution in [0.5, 0.6) is 0 Å². The molecule has 0 saturated heterocycles. The van der Waals surface area contributed by atoms with Crippen LogP contribution in [0.1, 0.15) is 23.6 Å². The Hall–Kier alpha value is -2.34. The molecule has 0 spiro atoms. The first-order valence-corrected chi connectivity index (χ1v) is 9.00. The van der Waals surface area contributed by atoms with Crippen molar-refractivity contribution in [2.75, 3.05) is 4.31 Å². The van der Waals surface area contributed by atoms with E-state index in [0.29, 0.717) is 11.3 Å². The summed E-state index contributed by atoms with van der Waals surface area (Å²) >= 11 is 0. The van der Waals surface area contributed by atoms with Gasteiger partial charge in [0.1, 0.15) is 6.04 Å². The largest absolute Gasteiger partial charge is 0.480 e. The molecule has 2 aromatic carbocycles. The predicted molar refractivity (Wildman–Crippen MR) is 93.9 cm³/mol. The Kier molecular flexibility index (Phi) is 4.99. The highest BCUT2D eigenvalue weighted by molar-refractivity contribution is 7.93. The average Bonchev–Trinajstić information content (AvgIpc) is 2.51. The van der Waals surface area contributed by atoms with Gasteiger partial charge in [-0.05, 0) is 57.0 Å². The highest BCUT2D eigenvalue weighted by Gasteiger charge is 2.34. The van der Waals surface area contributed by atoms with Crippen molar-refractivity contribution in [2.24, 2.45) is 0 Å². The molecular formula is C18H21NO4S. The minimum atomic E-state index is -4.00. The maximum absolute atomic E-state index is 13.1. The number of aliphatic carboxylic acids is 1. The molecule has 5 nitrogen and oxygen atoms in total. The van der Waals surface area contributed by atoms with Crippen LogP contribution in [0.2, 0.25) is 0 Å². The molecule has 24 heavy (non-hydrogen) atoms. The van der Waals surface area contributed by atoms with Gasteiger partial charge in [0, 0.05) is 0 Å². The van der Waals surface area contributed by atoms with Crippen molar-refractivity contribution < 1.29 is 18.3 Å². The summed E-state index contributed by atoms with van der Waals surface area (Å²) in [5.41, 5.74) is 2.87. The topological polar surface area (TPSA) is 74.7 Å². The Bertz CT molecular complexity index is 857. The lowest BCUT2D eigenvalue weighted by Gasteiger charge is -2.29. The van der Waals surface area contributed by atoms with Crippen LogP contribution < -0.4 is 4.31 Å². The first kappa shape index (κ1) is 18.0. The summed E-state index contributed by atoms with van der Waals surface area (Å²) < 4.78 is 27.2. The molecular weight excluding hydrogens is 326 g/mol. The molecule has 6 heteroatoms. The number of hydrogen-bond donors (Lipinski definition) is 1. The van der Waals surface area contributed by atoms with Crippen molar-refractivity contribution in [2.45, 2.75) is 38.6 Å². The fourth-order valence-corrected chi connectivity index (χ4v) is 4.10. The van der Waals surface area contributed by atoms with E-state index in [2.05, 4.69) is 0 Å². The fraction of sp³-hybridized carbons (Fsp3) is 0.278. The Morgan fingerprint density at radius 1 is 1.00 bits per heavy atom. The molecule has 0 heterocycles. The number of anilines is 1. The van der Waals surface area contributed by atoms with E-state index in [1.807, 2.05) is 19.9 Å². The summed E-state index contributed by atoms with van der Waals surface area (Å²) in [5, 5.41) is 9.42. The van der Waals surface area contributed by atoms with Crippen LogP contribution in [0.3, 0.4) is 0 Å². The number of rotatable bonds is 5. The van der Waals surface area contributed by atoms with Gasteiger partial charge >= 0.3 is 5.97 Å². The summed E-state index contributed by atoms with van der Waals surface area (Å²) in [6, 6.07) is 10.5. The SMILES string of the molecule is Cc1ccc(S(=O)(=O)N(c2cc(C)ccc2C)C(C)C(=O)O)cc1. The maximum atomic E-state index is 13.1. The van der Waals surface area contributed by atoms with E-state index >= 15 is 0 Å². The van der Waals surface area contributed by atoms with E-state index in [4.69, 9.17) is 0 Å². The van der Waals surface area contributed by atoms with Gasteiger partial charge in [-0.2, -0.15) is 0 Å². The number of sulfonamides is 1. The lowest BCUT2D eigenvalue weighted by atomic mass is 10.1. The monoisotopic (exact) mass is 347 g/mol. The van der Waals surface area contributed by atoms with Gasteiger partial charge in [0.05, 0.1) is 10.6 Å². The van der Waals surface area contributed by atoms with E-state index in [-0.39, 0.29) is 4.90 Å². The molecule has 0 amide bonds. The zero-order valence-electron chi connectivity index (χ0n) is 14.1. The Labute approximate surface area is 142 Å². The van der Waals surface area contributed by atoms with Crippen molar-refractivity contribution in [3.05, 3.63) is 59.2 Å². The molecule has 0 aliphatic rings. The van der Waals surface area contributed by atoms with E-state index < -0.39 is 22.0 Å². The third kappa shape index (κ3) is 3.43. The smallest absolute Gasteiger partial charge is 0.327 e. The van der Waals surface area contributed by atoms with Gasteiger partial charge in [0.2, 0.25) is 0 Å². The molecule has 0 bridgehead atoms. The lowest BCUT2D eigenvalue weighted by Crippen LogP contribution is -2.43. The summed E-state index contributed by atoms with van der Waals surface area (Å²) in [7, 11) is -4.00. The van der Waals surface area contributed by atoms with Crippen molar-refractivity contribution in [3.8, 4) is 0 Å². The fourth-order valence-electron chi connectivity index (χ4n) is 2.43. The second-order valence-electron chi connectivity index (χ2n) is 5.92. The molecule has 128 valence electrons. The summed E-state index contributed by atoms with van der Waals surface area (Å²) in [6.45, 7) is 6.83. The number of carboxylic acid groups (broad SMARTS) is 1. The van der Waals surface area contributed by atoms with Crippen molar-refractivity contribution in [1.29, 1.82) is 0 Å². The summed E-state index contributed by atoms with van der Waals surface area (Å²) in [4.78, 5) is 11.6. The Morgan fingerprint density at radius 3 is 2.08 bits per heavy atom. The van der Waals surface area contributed by atoms with E-state index in [9.17, 15) is 18.3 Å². The van der Waals surface area contributed by atoms with Crippen molar-refractivity contribution >= 4 is 21.7 Å². The standard InChI is InChI=1S/C18H21NO4S/c1-12-6-9-16(10-7-12)24(22,23)19(15(4)18(20)21)17-11-13(2)5-8-14(17)3/h5-11,15H,1-4H3,(H,20,21). The first-order chi connectivity index (χ1) is 11.1. The van der Waals surface area contributed by atoms with Gasteiger partial charge in [-0.3, -0.25) is 4.31 Å². The minimum absolute atomic E-state index is 0.0714. The molecule has 0 fully saturated rings. The van der Waals surface area contributed by atoms with Crippen LogP contribution in [-0.4, -0.2) is 25.5 Å². The minimum Gasteiger partial charge on any atom is -0.480 e. The molecule has 2 aromatic rings. The second kappa shape index (κ2) is 6.65. The number of aryl methyl sites for hydroxylation is 3. The summed E-state index contributed by atoms with van der Waals surface area (Å²) in [6.07, 6.45) is 0. The van der Waals surface area contributed by atoms with Gasteiger partial charge in [-0.15, -0.1) is 0 Å². The van der Waals surface area contributed by atoms with Crippen LogP contribution in [0.15, 0.2) is 47.4 Å². The maximum Gasteiger partial charge on any atom is 0.327 e. The van der Waals surface area contributed by atoms with Crippen LogP contribution >= 0.6 is 0 Å². The second-order valence-corrected chi connectivity index (χ2v) is 7.73. The molecule has 1 N–H and O–H groups in total. The van der Waals surface area contributed by atoms with Gasteiger partial charge in [0.25, 0.3) is 10.0 Å². The van der Waals surface area contributed by atoms with Gasteiger partial charge < -0.3 is 5.11 Å². The highest BCUT2D eigenvalue weighted by atomic mass is 32.2. The van der Waals surface area contributed by atoms with Gasteiger partial charge in [0.15, 0.2) is 0 Å². The molecule has 0 aliphatic heterocycles. The number of benzene rings is 2. The van der Waals surface area contributed by atoms with Gasteiger partial charge in [-0.1, -0.05) is 29.8 Å². The molecule has 0 saturated carbocycles. The molecule has 1 atom stereocenters. The molecule has 0 radical (unpaired) electrons. The number of hydrogen-bond acceptors (Lipinski definition) is 3. The normalized spacial score (nSPS) is 12.7. The van der Waals surface area contributed by atoms with Crippen LogP contribution in [-0.2, 0) is 14.8 Å². The quantitative estimate of drug-likeness (QED) is 0.901. The molecule has 0 aromatic heterocycles. The van der Waals surface area contributed by atoms with E-state index in [1.165, 1.54) is 19.1 Å². The number of nitrogens with zero attached hydrogens (tertiary/aromatic N) is 1.